The van der Waals surface area contributed by atoms with E-state index in [4.69, 9.17) is 4.74 Å². The zero-order chi connectivity index (χ0) is 19.6. The highest BCUT2D eigenvalue weighted by Gasteiger charge is 2.37. The first-order valence-corrected chi connectivity index (χ1v) is 9.05. The molecule has 2 aliphatic rings. The summed E-state index contributed by atoms with van der Waals surface area (Å²) in [6.45, 7) is 14.5. The van der Waals surface area contributed by atoms with Crippen LogP contribution in [0.3, 0.4) is 0 Å². The molecule has 0 N–H and O–H groups in total. The summed E-state index contributed by atoms with van der Waals surface area (Å²) in [6.07, 6.45) is 2.18. The highest BCUT2D eigenvalue weighted by Crippen LogP contribution is 2.24. The lowest BCUT2D eigenvalue weighted by molar-refractivity contribution is -0.139. The molecule has 25 heavy (non-hydrogen) atoms. The number of carbonyl (C=O) groups is 3. The minimum absolute atomic E-state index is 0.00596. The molecular formula is C19H32N2O4. The number of hydrogen-bond acceptors (Lipinski definition) is 4. The average Bonchev–Trinajstić information content (AvgIpc) is 3.13. The first kappa shape index (κ1) is 23.1. The molecule has 0 aromatic heterocycles. The summed E-state index contributed by atoms with van der Waals surface area (Å²) in [4.78, 5) is 39.0. The standard InChI is InChI=1S/C15H20N2O4.2C2H6/c1-4-11-12(5-2)15(20)17(14(11)19)7-6-16-9-10(21-3)8-13(16)18;2*1-2/h4,10H,1,5-9H2,2-3H3;2*1-2H3. The van der Waals surface area contributed by atoms with Crippen LogP contribution < -0.4 is 0 Å². The van der Waals surface area contributed by atoms with E-state index in [-0.39, 0.29) is 30.4 Å². The van der Waals surface area contributed by atoms with E-state index in [2.05, 4.69) is 6.58 Å². The van der Waals surface area contributed by atoms with Gasteiger partial charge in [-0.2, -0.15) is 0 Å². The van der Waals surface area contributed by atoms with E-state index >= 15 is 0 Å². The fourth-order valence-corrected chi connectivity index (χ4v) is 2.73. The Morgan fingerprint density at radius 1 is 1.12 bits per heavy atom. The molecule has 6 nitrogen and oxygen atoms in total. The summed E-state index contributed by atoms with van der Waals surface area (Å²) >= 11 is 0. The van der Waals surface area contributed by atoms with E-state index in [1.54, 1.807) is 12.0 Å². The number of amides is 3. The quantitative estimate of drug-likeness (QED) is 0.689. The van der Waals surface area contributed by atoms with Crippen molar-refractivity contribution in [3.05, 3.63) is 23.8 Å². The van der Waals surface area contributed by atoms with Crippen molar-refractivity contribution >= 4 is 17.7 Å². The molecule has 2 rings (SSSR count). The minimum Gasteiger partial charge on any atom is -0.379 e. The lowest BCUT2D eigenvalue weighted by Crippen LogP contribution is -2.40. The monoisotopic (exact) mass is 352 g/mol. The van der Waals surface area contributed by atoms with Gasteiger partial charge < -0.3 is 9.64 Å². The highest BCUT2D eigenvalue weighted by atomic mass is 16.5. The third-order valence-corrected chi connectivity index (χ3v) is 3.97. The van der Waals surface area contributed by atoms with Gasteiger partial charge in [-0.3, -0.25) is 19.3 Å². The van der Waals surface area contributed by atoms with Crippen molar-refractivity contribution < 1.29 is 19.1 Å². The van der Waals surface area contributed by atoms with Gasteiger partial charge in [0.15, 0.2) is 0 Å². The molecule has 0 aromatic carbocycles. The molecule has 1 unspecified atom stereocenters. The molecule has 0 aliphatic carbocycles. The molecule has 1 atom stereocenters. The SMILES string of the molecule is C=CC1=C(CC)C(=O)N(CCN2CC(OC)CC2=O)C1=O.CC.CC. The van der Waals surface area contributed by atoms with E-state index in [0.29, 0.717) is 37.1 Å². The van der Waals surface area contributed by atoms with Gasteiger partial charge in [0.1, 0.15) is 0 Å². The van der Waals surface area contributed by atoms with Crippen LogP contribution in [-0.2, 0) is 19.1 Å². The van der Waals surface area contributed by atoms with E-state index < -0.39 is 0 Å². The highest BCUT2D eigenvalue weighted by molar-refractivity contribution is 6.20. The van der Waals surface area contributed by atoms with Gasteiger partial charge in [0.05, 0.1) is 12.5 Å². The third kappa shape index (κ3) is 5.26. The smallest absolute Gasteiger partial charge is 0.261 e. The maximum atomic E-state index is 12.2. The predicted octanol–water partition coefficient (Wildman–Crippen LogP) is 2.55. The Balaban J connectivity index is 0.00000134. The van der Waals surface area contributed by atoms with Gasteiger partial charge >= 0.3 is 0 Å². The molecule has 0 saturated carbocycles. The Kier molecular flexibility index (Phi) is 10.7. The second-order valence-electron chi connectivity index (χ2n) is 5.11. The Labute approximate surface area is 151 Å². The van der Waals surface area contributed by atoms with Crippen LogP contribution >= 0.6 is 0 Å². The fraction of sp³-hybridized carbons (Fsp3) is 0.632. The minimum atomic E-state index is -0.318. The number of imide groups is 1. The molecule has 0 aromatic rings. The maximum absolute atomic E-state index is 12.2. The Hall–Kier alpha value is -1.95. The molecule has 0 bridgehead atoms. The van der Waals surface area contributed by atoms with Crippen molar-refractivity contribution in [3.8, 4) is 0 Å². The summed E-state index contributed by atoms with van der Waals surface area (Å²) in [5.41, 5.74) is 0.877. The summed E-state index contributed by atoms with van der Waals surface area (Å²) in [6, 6.07) is 0. The van der Waals surface area contributed by atoms with Gasteiger partial charge in [-0.1, -0.05) is 47.3 Å². The Morgan fingerprint density at radius 3 is 2.12 bits per heavy atom. The fourth-order valence-electron chi connectivity index (χ4n) is 2.73. The predicted molar refractivity (Wildman–Crippen MR) is 98.9 cm³/mol. The van der Waals surface area contributed by atoms with Crippen LogP contribution in [0.15, 0.2) is 23.8 Å². The number of ether oxygens (including phenoxy) is 1. The average molecular weight is 352 g/mol. The zero-order valence-electron chi connectivity index (χ0n) is 16.4. The van der Waals surface area contributed by atoms with Crippen LogP contribution in [0.1, 0.15) is 47.5 Å². The van der Waals surface area contributed by atoms with Gasteiger partial charge in [-0.25, -0.2) is 0 Å². The van der Waals surface area contributed by atoms with Crippen LogP contribution in [0.25, 0.3) is 0 Å². The number of methoxy groups -OCH3 is 1. The van der Waals surface area contributed by atoms with E-state index in [0.717, 1.165) is 0 Å². The summed E-state index contributed by atoms with van der Waals surface area (Å²) in [5, 5.41) is 0. The van der Waals surface area contributed by atoms with Gasteiger partial charge in [0, 0.05) is 37.9 Å². The molecule has 1 fully saturated rings. The largest absolute Gasteiger partial charge is 0.379 e. The normalized spacial score (nSPS) is 19.6. The van der Waals surface area contributed by atoms with Crippen LogP contribution in [0.2, 0.25) is 0 Å². The van der Waals surface area contributed by atoms with Crippen molar-refractivity contribution in [2.45, 2.75) is 53.6 Å². The molecule has 2 heterocycles. The van der Waals surface area contributed by atoms with Gasteiger partial charge in [0.25, 0.3) is 11.8 Å². The molecule has 3 amide bonds. The van der Waals surface area contributed by atoms with Crippen molar-refractivity contribution in [2.24, 2.45) is 0 Å². The summed E-state index contributed by atoms with van der Waals surface area (Å²) in [5.74, 6) is -0.595. The van der Waals surface area contributed by atoms with Crippen LogP contribution in [0.4, 0.5) is 0 Å². The van der Waals surface area contributed by atoms with Gasteiger partial charge in [-0.15, -0.1) is 0 Å². The van der Waals surface area contributed by atoms with Crippen LogP contribution in [0.5, 0.6) is 0 Å². The zero-order valence-corrected chi connectivity index (χ0v) is 16.4. The Morgan fingerprint density at radius 2 is 1.72 bits per heavy atom. The number of rotatable bonds is 6. The summed E-state index contributed by atoms with van der Waals surface area (Å²) < 4.78 is 5.16. The molecule has 1 saturated heterocycles. The number of nitrogens with zero attached hydrogens (tertiary/aromatic N) is 2. The van der Waals surface area contributed by atoms with Crippen LogP contribution in [-0.4, -0.2) is 60.4 Å². The van der Waals surface area contributed by atoms with E-state index in [9.17, 15) is 14.4 Å². The van der Waals surface area contributed by atoms with Gasteiger partial charge in [-0.05, 0) is 6.42 Å². The third-order valence-electron chi connectivity index (χ3n) is 3.97. The van der Waals surface area contributed by atoms with E-state index in [1.165, 1.54) is 11.0 Å². The van der Waals surface area contributed by atoms with Crippen molar-refractivity contribution in [1.82, 2.24) is 9.80 Å². The van der Waals surface area contributed by atoms with Crippen molar-refractivity contribution in [3.63, 3.8) is 0 Å². The maximum Gasteiger partial charge on any atom is 0.261 e. The molecular weight excluding hydrogens is 320 g/mol. The molecule has 0 spiro atoms. The lowest BCUT2D eigenvalue weighted by Gasteiger charge is -2.21. The summed E-state index contributed by atoms with van der Waals surface area (Å²) in [7, 11) is 1.57. The molecule has 0 radical (unpaired) electrons. The second kappa shape index (κ2) is 11.6. The molecule has 6 heteroatoms. The van der Waals surface area contributed by atoms with Crippen molar-refractivity contribution in [2.75, 3.05) is 26.7 Å². The first-order valence-electron chi connectivity index (χ1n) is 9.05. The van der Waals surface area contributed by atoms with Crippen LogP contribution in [0, 0.1) is 0 Å². The Bertz CT molecular complexity index is 526. The molecule has 142 valence electrons. The second-order valence-corrected chi connectivity index (χ2v) is 5.11. The lowest BCUT2D eigenvalue weighted by atomic mass is 10.1. The van der Waals surface area contributed by atoms with Crippen molar-refractivity contribution in [1.29, 1.82) is 0 Å². The number of carbonyl (C=O) groups excluding carboxylic acids is 3. The van der Waals surface area contributed by atoms with E-state index in [1.807, 2.05) is 34.6 Å². The first-order chi connectivity index (χ1) is 12.0. The van der Waals surface area contributed by atoms with Gasteiger partial charge in [0.2, 0.25) is 5.91 Å². The molecule has 2 aliphatic heterocycles. The topological polar surface area (TPSA) is 66.9 Å². The number of hydrogen-bond donors (Lipinski definition) is 0. The number of likely N-dealkylation sites (tertiary alicyclic amines) is 1.